The molecule has 0 aliphatic carbocycles. The van der Waals surface area contributed by atoms with E-state index in [4.69, 9.17) is 9.15 Å². The van der Waals surface area contributed by atoms with E-state index >= 15 is 0 Å². The third kappa shape index (κ3) is 2.58. The summed E-state index contributed by atoms with van der Waals surface area (Å²) in [4.78, 5) is 16.0. The summed E-state index contributed by atoms with van der Waals surface area (Å²) < 4.78 is 11.5. The molecule has 2 aromatic rings. The second kappa shape index (κ2) is 5.09. The summed E-state index contributed by atoms with van der Waals surface area (Å²) in [5.74, 6) is 1.17. The Bertz CT molecular complexity index is 743. The molecule has 1 aromatic heterocycles. The molecule has 100 valence electrons. The number of nitrogens with zero attached hydrogens (tertiary/aromatic N) is 1. The Morgan fingerprint density at radius 1 is 1.25 bits per heavy atom. The molecule has 1 aliphatic rings. The van der Waals surface area contributed by atoms with Crippen molar-refractivity contribution in [3.63, 3.8) is 0 Å². The number of aryl methyl sites for hydroxylation is 1. The van der Waals surface area contributed by atoms with Crippen molar-refractivity contribution in [2.45, 2.75) is 6.92 Å². The quantitative estimate of drug-likeness (QED) is 0.622. The summed E-state index contributed by atoms with van der Waals surface area (Å²) in [6.07, 6.45) is 1.57. The molecule has 0 unspecified atom stereocenters. The maximum absolute atomic E-state index is 11.8. The monoisotopic (exact) mass is 331 g/mol. The Labute approximate surface area is 123 Å². The van der Waals surface area contributed by atoms with Crippen molar-refractivity contribution in [1.29, 1.82) is 0 Å². The summed E-state index contributed by atoms with van der Waals surface area (Å²) in [6.45, 7) is 1.84. The van der Waals surface area contributed by atoms with E-state index in [2.05, 4.69) is 20.9 Å². The zero-order chi connectivity index (χ0) is 14.1. The molecule has 0 N–H and O–H groups in total. The van der Waals surface area contributed by atoms with Crippen LogP contribution < -0.4 is 0 Å². The van der Waals surface area contributed by atoms with Crippen LogP contribution in [0.2, 0.25) is 0 Å². The lowest BCUT2D eigenvalue weighted by molar-refractivity contribution is -0.129. The Morgan fingerprint density at radius 3 is 2.80 bits per heavy atom. The minimum absolute atomic E-state index is 0.231. The normalized spacial score (nSPS) is 16.4. The number of cyclic esters (lactones) is 1. The topological polar surface area (TPSA) is 51.8 Å². The van der Waals surface area contributed by atoms with E-state index < -0.39 is 5.97 Å². The molecular formula is C15H10BrNO3. The van der Waals surface area contributed by atoms with Gasteiger partial charge in [-0.1, -0.05) is 22.0 Å². The van der Waals surface area contributed by atoms with Gasteiger partial charge in [-0.2, -0.15) is 0 Å². The van der Waals surface area contributed by atoms with Gasteiger partial charge >= 0.3 is 5.97 Å². The van der Waals surface area contributed by atoms with Crippen LogP contribution in [0.4, 0.5) is 0 Å². The number of rotatable bonds is 2. The summed E-state index contributed by atoms with van der Waals surface area (Å²) in [5, 5.41) is 0. The number of ether oxygens (including phenoxy) is 1. The molecule has 0 fully saturated rings. The number of furan rings is 1. The second-order valence-electron chi connectivity index (χ2n) is 4.29. The van der Waals surface area contributed by atoms with E-state index in [0.29, 0.717) is 11.7 Å². The van der Waals surface area contributed by atoms with Gasteiger partial charge in [0.25, 0.3) is 0 Å². The van der Waals surface area contributed by atoms with Crippen LogP contribution in [0.15, 0.2) is 56.0 Å². The molecule has 4 nitrogen and oxygen atoms in total. The van der Waals surface area contributed by atoms with Crippen molar-refractivity contribution >= 4 is 33.9 Å². The van der Waals surface area contributed by atoms with Crippen LogP contribution in [0.1, 0.15) is 17.1 Å². The molecule has 0 atom stereocenters. The fourth-order valence-electron chi connectivity index (χ4n) is 1.82. The van der Waals surface area contributed by atoms with Crippen LogP contribution in [-0.2, 0) is 9.53 Å². The van der Waals surface area contributed by atoms with Crippen LogP contribution in [0, 0.1) is 6.92 Å². The van der Waals surface area contributed by atoms with E-state index in [1.165, 1.54) is 0 Å². The molecule has 0 saturated carbocycles. The minimum atomic E-state index is -0.478. The van der Waals surface area contributed by atoms with Gasteiger partial charge in [-0.05, 0) is 37.3 Å². The van der Waals surface area contributed by atoms with E-state index in [-0.39, 0.29) is 5.70 Å². The van der Waals surface area contributed by atoms with Crippen molar-refractivity contribution in [3.8, 4) is 0 Å². The number of hydrogen-bond acceptors (Lipinski definition) is 4. The Morgan fingerprint density at radius 2 is 2.10 bits per heavy atom. The standard InChI is InChI=1S/C15H10BrNO3/c1-9-5-6-12(19-9)8-13-15(18)20-14(17-13)10-3-2-4-11(16)7-10/h2-8H,1H3. The van der Waals surface area contributed by atoms with Crippen LogP contribution in [0.5, 0.6) is 0 Å². The van der Waals surface area contributed by atoms with Crippen molar-refractivity contribution in [2.75, 3.05) is 0 Å². The molecule has 1 aromatic carbocycles. The van der Waals surface area contributed by atoms with Gasteiger partial charge in [-0.25, -0.2) is 9.79 Å². The summed E-state index contributed by atoms with van der Waals surface area (Å²) >= 11 is 3.37. The Hall–Kier alpha value is -2.14. The minimum Gasteiger partial charge on any atom is -0.462 e. The predicted octanol–water partition coefficient (Wildman–Crippen LogP) is 3.70. The summed E-state index contributed by atoms with van der Waals surface area (Å²) in [6, 6.07) is 11.0. The Kier molecular flexibility index (Phi) is 3.28. The number of esters is 1. The molecule has 3 rings (SSSR count). The zero-order valence-electron chi connectivity index (χ0n) is 10.6. The highest BCUT2D eigenvalue weighted by molar-refractivity contribution is 9.10. The van der Waals surface area contributed by atoms with Gasteiger partial charge in [-0.15, -0.1) is 0 Å². The van der Waals surface area contributed by atoms with Gasteiger partial charge < -0.3 is 9.15 Å². The van der Waals surface area contributed by atoms with E-state index in [9.17, 15) is 4.79 Å². The second-order valence-corrected chi connectivity index (χ2v) is 5.21. The fourth-order valence-corrected chi connectivity index (χ4v) is 2.22. The highest BCUT2D eigenvalue weighted by Crippen LogP contribution is 2.21. The number of halogens is 1. The van der Waals surface area contributed by atoms with Crippen molar-refractivity contribution in [1.82, 2.24) is 0 Å². The lowest BCUT2D eigenvalue weighted by Crippen LogP contribution is -2.05. The highest BCUT2D eigenvalue weighted by Gasteiger charge is 2.24. The molecule has 0 saturated heterocycles. The first-order valence-electron chi connectivity index (χ1n) is 5.97. The van der Waals surface area contributed by atoms with E-state index in [0.717, 1.165) is 15.8 Å². The van der Waals surface area contributed by atoms with Crippen LogP contribution in [0.25, 0.3) is 6.08 Å². The maximum atomic E-state index is 11.8. The van der Waals surface area contributed by atoms with Gasteiger partial charge in [0.2, 0.25) is 5.90 Å². The third-order valence-electron chi connectivity index (χ3n) is 2.73. The average molecular weight is 332 g/mol. The first-order chi connectivity index (χ1) is 9.61. The molecule has 0 spiro atoms. The first-order valence-corrected chi connectivity index (χ1v) is 6.76. The van der Waals surface area contributed by atoms with Gasteiger partial charge in [0.1, 0.15) is 11.5 Å². The van der Waals surface area contributed by atoms with Gasteiger partial charge in [0.15, 0.2) is 5.70 Å². The van der Waals surface area contributed by atoms with Crippen molar-refractivity contribution < 1.29 is 13.9 Å². The lowest BCUT2D eigenvalue weighted by atomic mass is 10.2. The molecule has 20 heavy (non-hydrogen) atoms. The summed E-state index contributed by atoms with van der Waals surface area (Å²) in [7, 11) is 0. The summed E-state index contributed by atoms with van der Waals surface area (Å²) in [5.41, 5.74) is 0.973. The lowest BCUT2D eigenvalue weighted by Gasteiger charge is -1.99. The van der Waals surface area contributed by atoms with E-state index in [1.807, 2.05) is 37.3 Å². The van der Waals surface area contributed by atoms with E-state index in [1.54, 1.807) is 12.1 Å². The van der Waals surface area contributed by atoms with Crippen LogP contribution in [0.3, 0.4) is 0 Å². The molecule has 0 radical (unpaired) electrons. The number of hydrogen-bond donors (Lipinski definition) is 0. The fraction of sp³-hybridized carbons (Fsp3) is 0.0667. The third-order valence-corrected chi connectivity index (χ3v) is 3.23. The largest absolute Gasteiger partial charge is 0.462 e. The molecular weight excluding hydrogens is 322 g/mol. The number of carbonyl (C=O) groups is 1. The molecule has 2 heterocycles. The van der Waals surface area contributed by atoms with Gasteiger partial charge in [0.05, 0.1) is 0 Å². The van der Waals surface area contributed by atoms with Crippen molar-refractivity contribution in [3.05, 3.63) is 63.7 Å². The SMILES string of the molecule is Cc1ccc(C=C2N=C(c3cccc(Br)c3)OC2=O)o1. The van der Waals surface area contributed by atoms with Crippen LogP contribution >= 0.6 is 15.9 Å². The predicted molar refractivity (Wildman–Crippen MR) is 78.2 cm³/mol. The highest BCUT2D eigenvalue weighted by atomic mass is 79.9. The average Bonchev–Trinajstić information content (AvgIpc) is 2.97. The molecule has 1 aliphatic heterocycles. The molecule has 5 heteroatoms. The van der Waals surface area contributed by atoms with Crippen LogP contribution in [-0.4, -0.2) is 11.9 Å². The van der Waals surface area contributed by atoms with Gasteiger partial charge in [-0.3, -0.25) is 0 Å². The first kappa shape index (κ1) is 12.9. The molecule has 0 bridgehead atoms. The smallest absolute Gasteiger partial charge is 0.363 e. The number of aliphatic imine (C=N–C) groups is 1. The molecule has 0 amide bonds. The Balaban J connectivity index is 1.94. The number of benzene rings is 1. The zero-order valence-corrected chi connectivity index (χ0v) is 12.2. The van der Waals surface area contributed by atoms with Gasteiger partial charge in [0, 0.05) is 16.1 Å². The van der Waals surface area contributed by atoms with Crippen molar-refractivity contribution in [2.24, 2.45) is 4.99 Å². The maximum Gasteiger partial charge on any atom is 0.363 e. The number of carbonyl (C=O) groups excluding carboxylic acids is 1.